The molecule has 0 aromatic heterocycles. The number of hydrogen-bond donors (Lipinski definition) is 1. The highest BCUT2D eigenvalue weighted by molar-refractivity contribution is 14.1. The maximum absolute atomic E-state index is 13.4. The van der Waals surface area contributed by atoms with Crippen LogP contribution in [0.3, 0.4) is 0 Å². The number of nitrogens with one attached hydrogen (secondary N) is 1. The first-order chi connectivity index (χ1) is 15.2. The van der Waals surface area contributed by atoms with E-state index in [0.29, 0.717) is 24.3 Å². The van der Waals surface area contributed by atoms with Crippen molar-refractivity contribution in [2.75, 3.05) is 6.61 Å². The molecule has 7 nitrogen and oxygen atoms in total. The summed E-state index contributed by atoms with van der Waals surface area (Å²) in [4.78, 5) is 25.8. The minimum atomic E-state index is -5.92. The third-order valence-electron chi connectivity index (χ3n) is 6.91. The summed E-state index contributed by atoms with van der Waals surface area (Å²) in [7, 11) is -5.92. The molecule has 4 aliphatic carbocycles. The van der Waals surface area contributed by atoms with Gasteiger partial charge in [-0.3, -0.25) is 9.59 Å². The van der Waals surface area contributed by atoms with Crippen molar-refractivity contribution in [1.82, 2.24) is 5.32 Å². The van der Waals surface area contributed by atoms with Gasteiger partial charge in [0.1, 0.15) is 0 Å². The predicted octanol–water partition coefficient (Wildman–Crippen LogP) is 4.11. The summed E-state index contributed by atoms with van der Waals surface area (Å²) in [6.07, 6.45) is 3.31. The van der Waals surface area contributed by atoms with E-state index in [1.54, 1.807) is 0 Å². The van der Waals surface area contributed by atoms with Gasteiger partial charge in [-0.15, -0.1) is 0 Å². The molecule has 0 radical (unpaired) electrons. The summed E-state index contributed by atoms with van der Waals surface area (Å²) in [5.41, 5.74) is 0.127. The van der Waals surface area contributed by atoms with Crippen LogP contribution in [0.1, 0.15) is 42.5 Å². The number of benzene rings is 1. The van der Waals surface area contributed by atoms with Gasteiger partial charge in [0, 0.05) is 16.2 Å². The molecule has 1 N–H and O–H groups in total. The monoisotopic (exact) mass is 820 g/mol. The molecule has 2 unspecified atom stereocenters. The zero-order valence-electron chi connectivity index (χ0n) is 17.0. The second-order valence-corrected chi connectivity index (χ2v) is 14.2. The molecule has 0 saturated heterocycles. The lowest BCUT2D eigenvalue weighted by Crippen LogP contribution is -2.63. The molecule has 13 heteroatoms. The Hall–Kier alpha value is 0.120. The first kappa shape index (κ1) is 26.2. The first-order valence-electron chi connectivity index (χ1n) is 10.2. The fourth-order valence-corrected chi connectivity index (χ4v) is 8.52. The highest BCUT2D eigenvalue weighted by atomic mass is 127. The number of carbonyl (C=O) groups excluding carboxylic acids is 2. The van der Waals surface area contributed by atoms with Gasteiger partial charge in [-0.05, 0) is 130 Å². The average Bonchev–Trinajstić information content (AvgIpc) is 2.67. The number of halogens is 5. The molecule has 1 aromatic carbocycles. The molecule has 2 atom stereocenters. The van der Waals surface area contributed by atoms with Crippen LogP contribution in [0.5, 0.6) is 0 Å². The number of hydrogen-bond acceptors (Lipinski definition) is 6. The number of carbonyl (C=O) groups is 2. The fraction of sp³-hybridized carbons (Fsp3) is 0.600. The van der Waals surface area contributed by atoms with Gasteiger partial charge < -0.3 is 14.6 Å². The molecule has 0 aliphatic heterocycles. The third-order valence-corrected chi connectivity index (χ3v) is 11.4. The summed E-state index contributed by atoms with van der Waals surface area (Å²) in [6, 6.07) is 3.83. The standard InChI is InChI=1S/C20H20F2I3NO6S/c21-20(22,33(29,30)31)8-32-18(28)15-10-1-9-2-11(15)7-19(5-9,6-10)26-17(27)13-3-12(23)4-14(24)16(13)25/h3-4,9-11,15H,1-2,5-8H2,(H,26,27)(H,29,30,31)/p-1. The van der Waals surface area contributed by atoms with Crippen LogP contribution in [-0.4, -0.2) is 42.2 Å². The van der Waals surface area contributed by atoms with E-state index in [0.717, 1.165) is 30.0 Å². The highest BCUT2D eigenvalue weighted by Crippen LogP contribution is 2.58. The van der Waals surface area contributed by atoms with E-state index in [1.165, 1.54) is 0 Å². The van der Waals surface area contributed by atoms with Crippen molar-refractivity contribution in [3.8, 4) is 0 Å². The second kappa shape index (κ2) is 9.21. The number of ether oxygens (including phenoxy) is 1. The van der Waals surface area contributed by atoms with Crippen LogP contribution < -0.4 is 5.32 Å². The molecule has 4 aliphatic rings. The predicted molar refractivity (Wildman–Crippen MR) is 137 cm³/mol. The minimum Gasteiger partial charge on any atom is -0.743 e. The van der Waals surface area contributed by atoms with Gasteiger partial charge in [-0.25, -0.2) is 8.42 Å². The second-order valence-electron chi connectivity index (χ2n) is 9.18. The van der Waals surface area contributed by atoms with Gasteiger partial charge in [0.15, 0.2) is 16.7 Å². The Bertz CT molecular complexity index is 1100. The Morgan fingerprint density at radius 2 is 1.76 bits per heavy atom. The molecular formula is C20H19F2I3NO6S-. The van der Waals surface area contributed by atoms with Crippen LogP contribution in [-0.2, 0) is 19.6 Å². The first-order valence-corrected chi connectivity index (χ1v) is 14.8. The number of rotatable bonds is 6. The topological polar surface area (TPSA) is 113 Å². The van der Waals surface area contributed by atoms with E-state index in [9.17, 15) is 31.3 Å². The van der Waals surface area contributed by atoms with E-state index in [1.807, 2.05) is 12.1 Å². The zero-order chi connectivity index (χ0) is 24.3. The minimum absolute atomic E-state index is 0.156. The lowest BCUT2D eigenvalue weighted by Gasteiger charge is -2.59. The van der Waals surface area contributed by atoms with Gasteiger partial charge in [-0.1, -0.05) is 0 Å². The molecule has 4 fully saturated rings. The highest BCUT2D eigenvalue weighted by Gasteiger charge is 2.58. The van der Waals surface area contributed by atoms with Crippen molar-refractivity contribution < 1.29 is 36.1 Å². The van der Waals surface area contributed by atoms with E-state index in [2.05, 4.69) is 77.8 Å². The van der Waals surface area contributed by atoms with Crippen LogP contribution in [0.2, 0.25) is 0 Å². The van der Waals surface area contributed by atoms with Crippen LogP contribution in [0, 0.1) is 34.4 Å². The fourth-order valence-electron chi connectivity index (χ4n) is 5.92. The van der Waals surface area contributed by atoms with E-state index in [-0.39, 0.29) is 17.7 Å². The summed E-state index contributed by atoms with van der Waals surface area (Å²) < 4.78 is 66.3. The van der Waals surface area contributed by atoms with Gasteiger partial charge in [0.2, 0.25) is 0 Å². The van der Waals surface area contributed by atoms with E-state index < -0.39 is 39.4 Å². The number of alkyl halides is 2. The van der Waals surface area contributed by atoms with Gasteiger partial charge in [0.25, 0.3) is 5.91 Å². The summed E-state index contributed by atoms with van der Waals surface area (Å²) in [5.74, 6) is -1.71. The van der Waals surface area contributed by atoms with Crippen molar-refractivity contribution in [2.45, 2.75) is 42.9 Å². The molecule has 4 saturated carbocycles. The molecule has 33 heavy (non-hydrogen) atoms. The molecule has 0 spiro atoms. The average molecular weight is 820 g/mol. The normalized spacial score (nSPS) is 30.8. The lowest BCUT2D eigenvalue weighted by atomic mass is 9.49. The number of esters is 1. The quantitative estimate of drug-likeness (QED) is 0.200. The molecule has 5 rings (SSSR count). The Morgan fingerprint density at radius 1 is 1.15 bits per heavy atom. The summed E-state index contributed by atoms with van der Waals surface area (Å²) in [5, 5.41) is -1.43. The van der Waals surface area contributed by atoms with Gasteiger partial charge in [-0.2, -0.15) is 8.78 Å². The van der Waals surface area contributed by atoms with Crippen LogP contribution in [0.25, 0.3) is 0 Å². The van der Waals surface area contributed by atoms with Crippen molar-refractivity contribution in [3.63, 3.8) is 0 Å². The molecule has 4 bridgehead atoms. The Labute approximate surface area is 230 Å². The van der Waals surface area contributed by atoms with Crippen molar-refractivity contribution in [3.05, 3.63) is 28.4 Å². The lowest BCUT2D eigenvalue weighted by molar-refractivity contribution is -0.169. The van der Waals surface area contributed by atoms with E-state index >= 15 is 0 Å². The SMILES string of the molecule is O=C(NC12CC3CC(C1)C(C(=O)OCC(F)(F)S(=O)(=O)[O-])C(C3)C2)c1cc(I)cc(I)c1I. The van der Waals surface area contributed by atoms with Crippen molar-refractivity contribution >= 4 is 89.8 Å². The summed E-state index contributed by atoms with van der Waals surface area (Å²) in [6.45, 7) is -1.78. The van der Waals surface area contributed by atoms with Gasteiger partial charge >= 0.3 is 11.2 Å². The maximum atomic E-state index is 13.4. The Kier molecular flexibility index (Phi) is 7.31. The molecule has 1 aromatic rings. The molecule has 182 valence electrons. The Morgan fingerprint density at radius 3 is 2.33 bits per heavy atom. The van der Waals surface area contributed by atoms with Crippen molar-refractivity contribution in [2.24, 2.45) is 23.7 Å². The number of amides is 1. The Balaban J connectivity index is 1.48. The largest absolute Gasteiger partial charge is 0.743 e. The van der Waals surface area contributed by atoms with Crippen LogP contribution in [0.4, 0.5) is 8.78 Å². The zero-order valence-corrected chi connectivity index (χ0v) is 24.2. The molecule has 1 amide bonds. The van der Waals surface area contributed by atoms with Crippen LogP contribution >= 0.6 is 67.8 Å². The van der Waals surface area contributed by atoms with Crippen LogP contribution in [0.15, 0.2) is 12.1 Å². The molecular weight excluding hydrogens is 801 g/mol. The van der Waals surface area contributed by atoms with Gasteiger partial charge in [0.05, 0.1) is 11.5 Å². The summed E-state index contributed by atoms with van der Waals surface area (Å²) >= 11 is 6.51. The maximum Gasteiger partial charge on any atom is 0.367 e. The smallest absolute Gasteiger partial charge is 0.367 e. The van der Waals surface area contributed by atoms with E-state index in [4.69, 9.17) is 0 Å². The third kappa shape index (κ3) is 5.16. The van der Waals surface area contributed by atoms with Crippen molar-refractivity contribution in [1.29, 1.82) is 0 Å². The molecule has 0 heterocycles.